The average Bonchev–Trinajstić information content (AvgIpc) is 3.11. The lowest BCUT2D eigenvalue weighted by atomic mass is 10.2. The molecule has 4 heterocycles. The predicted molar refractivity (Wildman–Crippen MR) is 93.4 cm³/mol. The molecule has 0 spiro atoms. The normalized spacial score (nSPS) is 21.8. The smallest absolute Gasteiger partial charge is 0.282 e. The van der Waals surface area contributed by atoms with Gasteiger partial charge in [-0.05, 0) is 23.8 Å². The van der Waals surface area contributed by atoms with Gasteiger partial charge in [0.25, 0.3) is 10.2 Å². The van der Waals surface area contributed by atoms with Crippen LogP contribution < -0.4 is 0 Å². The van der Waals surface area contributed by atoms with Crippen LogP contribution in [0.1, 0.15) is 5.56 Å². The van der Waals surface area contributed by atoms with Crippen LogP contribution in [0, 0.1) is 0 Å². The summed E-state index contributed by atoms with van der Waals surface area (Å²) in [6.45, 7) is 5.26. The Balaban J connectivity index is 1.36. The Kier molecular flexibility index (Phi) is 4.74. The molecule has 136 valence electrons. The zero-order valence-electron chi connectivity index (χ0n) is 14.1. The minimum atomic E-state index is -3.35. The Morgan fingerprint density at radius 2 is 1.72 bits per heavy atom. The lowest BCUT2D eigenvalue weighted by Gasteiger charge is -2.37. The topological polar surface area (TPSA) is 70.4 Å². The predicted octanol–water partition coefficient (Wildman–Crippen LogP) is 0.0289. The Hall–Kier alpha value is -1.52. The standard InChI is InChI=1S/C16H23N5O3S/c22-25(23,20-9-11-24-12-10-20)19-7-5-18(6-8-19)14-15-2-4-21-16(13-15)1-3-17-21/h1-4,13H,5-12,14H2. The highest BCUT2D eigenvalue weighted by Crippen LogP contribution is 2.16. The van der Waals surface area contributed by atoms with Crippen LogP contribution in [0.15, 0.2) is 30.6 Å². The van der Waals surface area contributed by atoms with Crippen LogP contribution in [0.4, 0.5) is 0 Å². The second kappa shape index (κ2) is 7.00. The van der Waals surface area contributed by atoms with Crippen molar-refractivity contribution in [3.63, 3.8) is 0 Å². The van der Waals surface area contributed by atoms with Gasteiger partial charge in [-0.25, -0.2) is 4.52 Å². The summed E-state index contributed by atoms with van der Waals surface area (Å²) in [4.78, 5) is 2.30. The summed E-state index contributed by atoms with van der Waals surface area (Å²) in [7, 11) is -3.35. The first-order valence-electron chi connectivity index (χ1n) is 8.60. The molecule has 2 aromatic heterocycles. The molecular formula is C16H23N5O3S. The fourth-order valence-electron chi connectivity index (χ4n) is 3.38. The molecule has 9 heteroatoms. The van der Waals surface area contributed by atoms with E-state index >= 15 is 0 Å². The van der Waals surface area contributed by atoms with Crippen LogP contribution in [-0.2, 0) is 21.5 Å². The second-order valence-electron chi connectivity index (χ2n) is 6.43. The second-order valence-corrected chi connectivity index (χ2v) is 8.36. The average molecular weight is 365 g/mol. The molecule has 4 rings (SSSR count). The zero-order valence-corrected chi connectivity index (χ0v) is 14.9. The van der Waals surface area contributed by atoms with Crippen LogP contribution in [0.5, 0.6) is 0 Å². The third-order valence-electron chi connectivity index (χ3n) is 4.82. The van der Waals surface area contributed by atoms with Crippen molar-refractivity contribution in [3.05, 3.63) is 36.2 Å². The summed E-state index contributed by atoms with van der Waals surface area (Å²) in [5.74, 6) is 0. The highest BCUT2D eigenvalue weighted by atomic mass is 32.2. The van der Waals surface area contributed by atoms with Crippen LogP contribution in [0.25, 0.3) is 5.52 Å². The molecule has 2 saturated heterocycles. The van der Waals surface area contributed by atoms with Crippen LogP contribution in [-0.4, -0.2) is 84.0 Å². The van der Waals surface area contributed by atoms with Crippen LogP contribution >= 0.6 is 0 Å². The summed E-state index contributed by atoms with van der Waals surface area (Å²) in [6, 6.07) is 6.18. The summed E-state index contributed by atoms with van der Waals surface area (Å²) >= 11 is 0. The Labute approximate surface area is 147 Å². The van der Waals surface area contributed by atoms with E-state index in [1.165, 1.54) is 5.56 Å². The van der Waals surface area contributed by atoms with Gasteiger partial charge in [0.15, 0.2) is 0 Å². The Bertz CT molecular complexity index is 823. The molecular weight excluding hydrogens is 342 g/mol. The summed E-state index contributed by atoms with van der Waals surface area (Å²) < 4.78 is 35.6. The fourth-order valence-corrected chi connectivity index (χ4v) is 4.95. The summed E-state index contributed by atoms with van der Waals surface area (Å²) in [6.07, 6.45) is 3.75. The molecule has 0 amide bonds. The molecule has 0 radical (unpaired) electrons. The SMILES string of the molecule is O=S(=O)(N1CCOCC1)N1CCN(Cc2ccn3nccc3c2)CC1. The molecule has 8 nitrogen and oxygen atoms in total. The van der Waals surface area contributed by atoms with E-state index < -0.39 is 10.2 Å². The fraction of sp³-hybridized carbons (Fsp3) is 0.562. The van der Waals surface area contributed by atoms with Crippen molar-refractivity contribution in [1.29, 1.82) is 0 Å². The first kappa shape index (κ1) is 16.9. The highest BCUT2D eigenvalue weighted by molar-refractivity contribution is 7.86. The minimum absolute atomic E-state index is 0.452. The minimum Gasteiger partial charge on any atom is -0.379 e. The number of rotatable bonds is 4. The molecule has 2 aromatic rings. The third-order valence-corrected chi connectivity index (χ3v) is 6.86. The van der Waals surface area contributed by atoms with E-state index in [0.717, 1.165) is 25.2 Å². The van der Waals surface area contributed by atoms with Crippen molar-refractivity contribution in [3.8, 4) is 0 Å². The van der Waals surface area contributed by atoms with Crippen molar-refractivity contribution < 1.29 is 13.2 Å². The first-order chi connectivity index (χ1) is 12.1. The van der Waals surface area contributed by atoms with Gasteiger partial charge in [0.05, 0.1) is 18.7 Å². The lowest BCUT2D eigenvalue weighted by molar-refractivity contribution is 0.0684. The third kappa shape index (κ3) is 3.56. The van der Waals surface area contributed by atoms with Gasteiger partial charge >= 0.3 is 0 Å². The number of fused-ring (bicyclic) bond motifs is 1. The maximum absolute atomic E-state index is 12.7. The summed E-state index contributed by atoms with van der Waals surface area (Å²) in [5.41, 5.74) is 2.29. The number of nitrogens with zero attached hydrogens (tertiary/aromatic N) is 5. The number of piperazine rings is 1. The maximum atomic E-state index is 12.7. The van der Waals surface area contributed by atoms with Gasteiger partial charge in [0, 0.05) is 58.2 Å². The molecule has 0 aliphatic carbocycles. The number of aromatic nitrogens is 2. The number of hydrogen-bond donors (Lipinski definition) is 0. The molecule has 0 unspecified atom stereocenters. The molecule has 2 aliphatic rings. The molecule has 0 bridgehead atoms. The van der Waals surface area contributed by atoms with Gasteiger partial charge in [0.2, 0.25) is 0 Å². The van der Waals surface area contributed by atoms with Gasteiger partial charge in [-0.2, -0.15) is 22.1 Å². The number of hydrogen-bond acceptors (Lipinski definition) is 5. The van der Waals surface area contributed by atoms with Gasteiger partial charge in [-0.3, -0.25) is 4.90 Å². The molecule has 2 aliphatic heterocycles. The largest absolute Gasteiger partial charge is 0.379 e. The maximum Gasteiger partial charge on any atom is 0.282 e. The van der Waals surface area contributed by atoms with E-state index in [1.807, 2.05) is 16.8 Å². The van der Waals surface area contributed by atoms with E-state index in [0.29, 0.717) is 39.4 Å². The molecule has 0 saturated carbocycles. The lowest BCUT2D eigenvalue weighted by Crippen LogP contribution is -2.54. The van der Waals surface area contributed by atoms with Gasteiger partial charge < -0.3 is 4.74 Å². The van der Waals surface area contributed by atoms with E-state index in [4.69, 9.17) is 4.74 Å². The Morgan fingerprint density at radius 1 is 1.00 bits per heavy atom. The molecule has 0 N–H and O–H groups in total. The van der Waals surface area contributed by atoms with Crippen molar-refractivity contribution in [2.45, 2.75) is 6.54 Å². The zero-order chi connectivity index (χ0) is 17.3. The monoisotopic (exact) mass is 365 g/mol. The molecule has 2 fully saturated rings. The van der Waals surface area contributed by atoms with E-state index in [9.17, 15) is 8.42 Å². The Morgan fingerprint density at radius 3 is 2.48 bits per heavy atom. The summed E-state index contributed by atoms with van der Waals surface area (Å²) in [5, 5.41) is 4.20. The van der Waals surface area contributed by atoms with Gasteiger partial charge in [-0.15, -0.1) is 0 Å². The van der Waals surface area contributed by atoms with Crippen molar-refractivity contribution in [2.75, 3.05) is 52.5 Å². The van der Waals surface area contributed by atoms with Gasteiger partial charge in [-0.1, -0.05) is 0 Å². The molecule has 25 heavy (non-hydrogen) atoms. The molecule has 0 aromatic carbocycles. The highest BCUT2D eigenvalue weighted by Gasteiger charge is 2.33. The quantitative estimate of drug-likeness (QED) is 0.765. The first-order valence-corrected chi connectivity index (χ1v) is 10.0. The number of pyridine rings is 1. The van der Waals surface area contributed by atoms with Crippen LogP contribution in [0.2, 0.25) is 0 Å². The van der Waals surface area contributed by atoms with Crippen molar-refractivity contribution >= 4 is 15.7 Å². The van der Waals surface area contributed by atoms with Gasteiger partial charge in [0.1, 0.15) is 0 Å². The van der Waals surface area contributed by atoms with Crippen molar-refractivity contribution in [1.82, 2.24) is 23.1 Å². The number of ether oxygens (including phenoxy) is 1. The molecule has 0 atom stereocenters. The van der Waals surface area contributed by atoms with E-state index in [-0.39, 0.29) is 0 Å². The van der Waals surface area contributed by atoms with Crippen molar-refractivity contribution in [2.24, 2.45) is 0 Å². The number of morpholine rings is 1. The van der Waals surface area contributed by atoms with E-state index in [1.54, 1.807) is 14.8 Å². The van der Waals surface area contributed by atoms with E-state index in [2.05, 4.69) is 22.1 Å². The van der Waals surface area contributed by atoms with Crippen LogP contribution in [0.3, 0.4) is 0 Å².